The Kier molecular flexibility index (Phi) is 10.8. The van der Waals surface area contributed by atoms with E-state index < -0.39 is 0 Å². The summed E-state index contributed by atoms with van der Waals surface area (Å²) < 4.78 is 16.7. The number of ether oxygens (including phenoxy) is 3. The van der Waals surface area contributed by atoms with Crippen LogP contribution in [-0.4, -0.2) is 70.6 Å². The fraction of sp³-hybridized carbons (Fsp3) is 0.650. The first kappa shape index (κ1) is 23.1. The number of hydrogen-bond acceptors (Lipinski definition) is 4. The summed E-state index contributed by atoms with van der Waals surface area (Å²) in [6, 6.07) is 5.25. The van der Waals surface area contributed by atoms with Crippen LogP contribution < -0.4 is 10.1 Å². The number of rotatable bonds is 10. The standard InChI is InChI=1S/C20H31Cl2N3O3/c1-23-20(25-10-7-17(8-11-25)27-14-4-12-26-2)24-9-3-13-28-19-6-5-16(21)15-18(19)22/h5-6,15,17H,3-4,7-14H2,1-2H3,(H,23,24). The highest BCUT2D eigenvalue weighted by atomic mass is 35.5. The molecule has 8 heteroatoms. The molecule has 1 saturated heterocycles. The summed E-state index contributed by atoms with van der Waals surface area (Å²) >= 11 is 12.0. The number of likely N-dealkylation sites (tertiary alicyclic amines) is 1. The van der Waals surface area contributed by atoms with Crippen molar-refractivity contribution < 1.29 is 14.2 Å². The minimum Gasteiger partial charge on any atom is -0.492 e. The summed E-state index contributed by atoms with van der Waals surface area (Å²) in [5.41, 5.74) is 0. The van der Waals surface area contributed by atoms with Gasteiger partial charge >= 0.3 is 0 Å². The van der Waals surface area contributed by atoms with E-state index in [-0.39, 0.29) is 0 Å². The molecule has 1 aromatic carbocycles. The molecule has 0 atom stereocenters. The summed E-state index contributed by atoms with van der Waals surface area (Å²) in [6.07, 6.45) is 4.17. The van der Waals surface area contributed by atoms with E-state index >= 15 is 0 Å². The zero-order valence-corrected chi connectivity index (χ0v) is 18.3. The Morgan fingerprint density at radius 3 is 2.64 bits per heavy atom. The number of hydrogen-bond donors (Lipinski definition) is 1. The summed E-state index contributed by atoms with van der Waals surface area (Å²) in [5.74, 6) is 1.59. The Labute approximate surface area is 178 Å². The largest absolute Gasteiger partial charge is 0.492 e. The molecule has 0 unspecified atom stereocenters. The molecule has 0 spiro atoms. The molecule has 0 bridgehead atoms. The molecule has 6 nitrogen and oxygen atoms in total. The highest BCUT2D eigenvalue weighted by molar-refractivity contribution is 6.35. The van der Waals surface area contributed by atoms with Crippen LogP contribution in [0.3, 0.4) is 0 Å². The predicted molar refractivity (Wildman–Crippen MR) is 115 cm³/mol. The molecule has 1 aliphatic heterocycles. The molecule has 1 N–H and O–H groups in total. The van der Waals surface area contributed by atoms with E-state index in [0.29, 0.717) is 28.5 Å². The lowest BCUT2D eigenvalue weighted by molar-refractivity contribution is 0.00991. The summed E-state index contributed by atoms with van der Waals surface area (Å²) in [7, 11) is 3.54. The number of methoxy groups -OCH3 is 1. The van der Waals surface area contributed by atoms with Gasteiger partial charge in [0.15, 0.2) is 5.96 Å². The van der Waals surface area contributed by atoms with Crippen molar-refractivity contribution in [3.8, 4) is 5.75 Å². The van der Waals surface area contributed by atoms with Gasteiger partial charge in [0, 0.05) is 52.0 Å². The average Bonchev–Trinajstić information content (AvgIpc) is 2.70. The van der Waals surface area contributed by atoms with E-state index in [9.17, 15) is 0 Å². The van der Waals surface area contributed by atoms with Crippen LogP contribution in [0.25, 0.3) is 0 Å². The number of aliphatic imine (C=N–C) groups is 1. The molecule has 0 radical (unpaired) electrons. The maximum Gasteiger partial charge on any atom is 0.193 e. The fourth-order valence-electron chi connectivity index (χ4n) is 3.07. The van der Waals surface area contributed by atoms with E-state index in [2.05, 4.69) is 15.2 Å². The minimum absolute atomic E-state index is 0.337. The van der Waals surface area contributed by atoms with Gasteiger partial charge in [-0.25, -0.2) is 0 Å². The monoisotopic (exact) mass is 431 g/mol. The summed E-state index contributed by atoms with van der Waals surface area (Å²) in [6.45, 7) is 4.78. The van der Waals surface area contributed by atoms with Crippen LogP contribution in [-0.2, 0) is 9.47 Å². The second-order valence-electron chi connectivity index (χ2n) is 6.65. The van der Waals surface area contributed by atoms with Crippen LogP contribution >= 0.6 is 23.2 Å². The van der Waals surface area contributed by atoms with Gasteiger partial charge in [0.1, 0.15) is 5.75 Å². The van der Waals surface area contributed by atoms with Gasteiger partial charge in [0.2, 0.25) is 0 Å². The topological polar surface area (TPSA) is 55.3 Å². The van der Waals surface area contributed by atoms with Crippen molar-refractivity contribution in [2.45, 2.75) is 31.8 Å². The molecule has 2 rings (SSSR count). The van der Waals surface area contributed by atoms with Crippen LogP contribution in [0.2, 0.25) is 10.0 Å². The zero-order chi connectivity index (χ0) is 20.2. The normalized spacial score (nSPS) is 15.7. The first-order valence-electron chi connectivity index (χ1n) is 9.78. The molecular weight excluding hydrogens is 401 g/mol. The minimum atomic E-state index is 0.337. The molecule has 0 aliphatic carbocycles. The van der Waals surface area contributed by atoms with Crippen LogP contribution in [0.1, 0.15) is 25.7 Å². The van der Waals surface area contributed by atoms with Gasteiger partial charge in [-0.15, -0.1) is 0 Å². The van der Waals surface area contributed by atoms with Crippen molar-refractivity contribution in [3.05, 3.63) is 28.2 Å². The first-order valence-corrected chi connectivity index (χ1v) is 10.5. The van der Waals surface area contributed by atoms with Gasteiger partial charge in [-0.05, 0) is 43.9 Å². The predicted octanol–water partition coefficient (Wildman–Crippen LogP) is 3.86. The fourth-order valence-corrected chi connectivity index (χ4v) is 3.53. The van der Waals surface area contributed by atoms with Crippen LogP contribution in [0, 0.1) is 0 Å². The molecule has 1 aromatic rings. The molecule has 28 heavy (non-hydrogen) atoms. The number of halogens is 2. The van der Waals surface area contributed by atoms with E-state index in [1.54, 1.807) is 25.3 Å². The van der Waals surface area contributed by atoms with E-state index in [1.165, 1.54) is 0 Å². The number of nitrogens with one attached hydrogen (secondary N) is 1. The lowest BCUT2D eigenvalue weighted by atomic mass is 10.1. The van der Waals surface area contributed by atoms with Gasteiger partial charge in [0.25, 0.3) is 0 Å². The summed E-state index contributed by atoms with van der Waals surface area (Å²) in [5, 5.41) is 4.54. The van der Waals surface area contributed by atoms with Crippen molar-refractivity contribution in [1.82, 2.24) is 10.2 Å². The third-order valence-electron chi connectivity index (χ3n) is 4.56. The zero-order valence-electron chi connectivity index (χ0n) is 16.8. The van der Waals surface area contributed by atoms with E-state index in [4.69, 9.17) is 37.4 Å². The first-order chi connectivity index (χ1) is 13.6. The third kappa shape index (κ3) is 8.03. The Morgan fingerprint density at radius 1 is 1.18 bits per heavy atom. The molecule has 1 fully saturated rings. The van der Waals surface area contributed by atoms with Crippen molar-refractivity contribution >= 4 is 29.2 Å². The maximum absolute atomic E-state index is 6.11. The molecule has 0 saturated carbocycles. The molecular formula is C20H31Cl2N3O3. The molecule has 0 aromatic heterocycles. The van der Waals surface area contributed by atoms with Crippen molar-refractivity contribution in [1.29, 1.82) is 0 Å². The molecule has 1 aliphatic rings. The number of guanidine groups is 1. The smallest absolute Gasteiger partial charge is 0.193 e. The van der Waals surface area contributed by atoms with Crippen LogP contribution in [0.4, 0.5) is 0 Å². The van der Waals surface area contributed by atoms with Crippen molar-refractivity contribution in [2.24, 2.45) is 4.99 Å². The van der Waals surface area contributed by atoms with Gasteiger partial charge in [-0.1, -0.05) is 23.2 Å². The van der Waals surface area contributed by atoms with Crippen LogP contribution in [0.5, 0.6) is 5.75 Å². The number of nitrogens with zero attached hydrogens (tertiary/aromatic N) is 2. The highest BCUT2D eigenvalue weighted by Gasteiger charge is 2.21. The molecule has 158 valence electrons. The molecule has 1 heterocycles. The van der Waals surface area contributed by atoms with Gasteiger partial charge in [0.05, 0.1) is 17.7 Å². The molecule has 0 amide bonds. The Bertz CT molecular complexity index is 608. The van der Waals surface area contributed by atoms with E-state index in [0.717, 1.165) is 64.5 Å². The Morgan fingerprint density at radius 2 is 1.96 bits per heavy atom. The van der Waals surface area contributed by atoms with Crippen molar-refractivity contribution in [3.63, 3.8) is 0 Å². The van der Waals surface area contributed by atoms with Crippen molar-refractivity contribution in [2.75, 3.05) is 53.6 Å². The van der Waals surface area contributed by atoms with Crippen LogP contribution in [0.15, 0.2) is 23.2 Å². The number of piperidine rings is 1. The lowest BCUT2D eigenvalue weighted by Crippen LogP contribution is -2.47. The van der Waals surface area contributed by atoms with Gasteiger partial charge < -0.3 is 24.4 Å². The van der Waals surface area contributed by atoms with Gasteiger partial charge in [-0.3, -0.25) is 4.99 Å². The SMILES string of the molecule is CN=C(NCCCOc1ccc(Cl)cc1Cl)N1CCC(OCCCOC)CC1. The Hall–Kier alpha value is -1.21. The van der Waals surface area contributed by atoms with E-state index in [1.807, 2.05) is 7.05 Å². The summed E-state index contributed by atoms with van der Waals surface area (Å²) in [4.78, 5) is 6.68. The average molecular weight is 432 g/mol. The maximum atomic E-state index is 6.11. The third-order valence-corrected chi connectivity index (χ3v) is 5.09. The quantitative estimate of drug-likeness (QED) is 0.346. The second kappa shape index (κ2) is 13.1. The lowest BCUT2D eigenvalue weighted by Gasteiger charge is -2.34. The highest BCUT2D eigenvalue weighted by Crippen LogP contribution is 2.27. The number of benzene rings is 1. The Balaban J connectivity index is 1.61. The second-order valence-corrected chi connectivity index (χ2v) is 7.50. The van der Waals surface area contributed by atoms with Gasteiger partial charge in [-0.2, -0.15) is 0 Å².